The summed E-state index contributed by atoms with van der Waals surface area (Å²) in [4.78, 5) is 13.1. The lowest BCUT2D eigenvalue weighted by molar-refractivity contribution is -0.137. The van der Waals surface area contributed by atoms with Crippen LogP contribution in [-0.4, -0.2) is 41.2 Å². The molecule has 226 valence electrons. The monoisotopic (exact) mass is 598 g/mol. The minimum absolute atomic E-state index is 0.000145. The third kappa shape index (κ3) is 8.90. The van der Waals surface area contributed by atoms with Crippen molar-refractivity contribution in [2.24, 2.45) is 11.8 Å². The first kappa shape index (κ1) is 34.5. The van der Waals surface area contributed by atoms with E-state index in [-0.39, 0.29) is 41.1 Å². The van der Waals surface area contributed by atoms with Crippen molar-refractivity contribution in [3.05, 3.63) is 54.6 Å². The van der Waals surface area contributed by atoms with Gasteiger partial charge in [0.1, 0.15) is 18.1 Å². The molecule has 0 amide bonds. The molecule has 1 aliphatic carbocycles. The second kappa shape index (κ2) is 14.0. The fraction of sp³-hybridized carbons (Fsp3) is 0.645. The summed E-state index contributed by atoms with van der Waals surface area (Å²) in [5, 5.41) is -0.000145. The number of alkyl halides is 3. The van der Waals surface area contributed by atoms with Crippen LogP contribution in [-0.2, 0) is 19.8 Å². The number of allylic oxidation sites excluding steroid dienone is 1. The zero-order valence-electron chi connectivity index (χ0n) is 25.6. The van der Waals surface area contributed by atoms with E-state index in [1.807, 2.05) is 12.2 Å². The van der Waals surface area contributed by atoms with Crippen LogP contribution in [0.15, 0.2) is 49.1 Å². The predicted molar refractivity (Wildman–Crippen MR) is 162 cm³/mol. The summed E-state index contributed by atoms with van der Waals surface area (Å²) in [6, 6.07) is 7.69. The molecule has 0 aliphatic heterocycles. The summed E-state index contributed by atoms with van der Waals surface area (Å²) in [5.41, 5.74) is -0.750. The molecule has 0 radical (unpaired) electrons. The Hall–Kier alpha value is -1.69. The van der Waals surface area contributed by atoms with Crippen LogP contribution in [0.25, 0.3) is 0 Å². The SMILES string of the molecule is C=CC[C@H]1C(=O)CC(O[Si](C)(C)C(C)(C)C)[C@@H]1/C=C/C(COc1cccc(C(F)(F)F)c1)O[Si](CC)(CC)CC. The van der Waals surface area contributed by atoms with Gasteiger partial charge in [-0.15, -0.1) is 6.58 Å². The second-order valence-electron chi connectivity index (χ2n) is 12.4. The molecule has 1 fully saturated rings. The molecule has 9 heteroatoms. The fourth-order valence-corrected chi connectivity index (χ4v) is 9.14. The fourth-order valence-electron chi connectivity index (χ4n) is 5.00. The van der Waals surface area contributed by atoms with Crippen LogP contribution < -0.4 is 4.74 Å². The van der Waals surface area contributed by atoms with Crippen molar-refractivity contribution in [3.8, 4) is 5.75 Å². The van der Waals surface area contributed by atoms with Crippen molar-refractivity contribution in [3.63, 3.8) is 0 Å². The van der Waals surface area contributed by atoms with Crippen molar-refractivity contribution in [2.75, 3.05) is 6.61 Å². The Morgan fingerprint density at radius 2 is 1.73 bits per heavy atom. The first-order chi connectivity index (χ1) is 18.5. The highest BCUT2D eigenvalue weighted by atomic mass is 28.4. The Morgan fingerprint density at radius 1 is 1.10 bits per heavy atom. The maximum atomic E-state index is 13.2. The summed E-state index contributed by atoms with van der Waals surface area (Å²) in [6.45, 7) is 21.3. The first-order valence-electron chi connectivity index (χ1n) is 14.5. The van der Waals surface area contributed by atoms with Crippen LogP contribution in [0, 0.1) is 11.8 Å². The van der Waals surface area contributed by atoms with E-state index in [1.54, 1.807) is 6.08 Å². The van der Waals surface area contributed by atoms with E-state index in [2.05, 4.69) is 61.2 Å². The average Bonchev–Trinajstić information content (AvgIpc) is 3.16. The summed E-state index contributed by atoms with van der Waals surface area (Å²) in [6.07, 6.45) is 1.57. The zero-order valence-corrected chi connectivity index (χ0v) is 27.6. The molecule has 1 saturated carbocycles. The molecule has 0 aromatic heterocycles. The highest BCUT2D eigenvalue weighted by Crippen LogP contribution is 2.43. The van der Waals surface area contributed by atoms with Crippen molar-refractivity contribution < 1.29 is 31.6 Å². The number of rotatable bonds is 14. The average molecular weight is 599 g/mol. The predicted octanol–water partition coefficient (Wildman–Crippen LogP) is 9.20. The van der Waals surface area contributed by atoms with Gasteiger partial charge < -0.3 is 13.6 Å². The maximum absolute atomic E-state index is 13.2. The molecular formula is C31H49F3O4Si2. The standard InChI is InChI=1S/C31H49F3O4Si2/c1-10-15-26-27(29(21-28(26)35)38-39(8,9)30(5,6)7)19-18-25(37-40(11-2,12-3)13-4)22-36-24-17-14-16-23(20-24)31(32,33)34/h10,14,16-20,25-27,29H,1,11-13,15,21-22H2,2-9H3/b19-18+/t25?,26-,27-,29?/m1/s1. The molecule has 0 heterocycles. The van der Waals surface area contributed by atoms with Crippen LogP contribution >= 0.6 is 0 Å². The Morgan fingerprint density at radius 3 is 2.25 bits per heavy atom. The maximum Gasteiger partial charge on any atom is 0.416 e. The zero-order chi connectivity index (χ0) is 30.4. The Balaban J connectivity index is 2.39. The van der Waals surface area contributed by atoms with Gasteiger partial charge in [-0.25, -0.2) is 0 Å². The Labute approximate surface area is 241 Å². The van der Waals surface area contributed by atoms with Gasteiger partial charge in [-0.05, 0) is 60.9 Å². The topological polar surface area (TPSA) is 44.8 Å². The third-order valence-electron chi connectivity index (χ3n) is 8.84. The van der Waals surface area contributed by atoms with Gasteiger partial charge in [0.25, 0.3) is 0 Å². The molecule has 4 atom stereocenters. The smallest absolute Gasteiger partial charge is 0.416 e. The molecule has 1 aliphatic rings. The molecule has 2 unspecified atom stereocenters. The molecule has 2 rings (SSSR count). The molecule has 4 nitrogen and oxygen atoms in total. The quantitative estimate of drug-likeness (QED) is 0.158. The highest BCUT2D eigenvalue weighted by Gasteiger charge is 2.47. The van der Waals surface area contributed by atoms with Gasteiger partial charge in [0.05, 0.1) is 17.8 Å². The van der Waals surface area contributed by atoms with Crippen molar-refractivity contribution in [1.82, 2.24) is 0 Å². The van der Waals surface area contributed by atoms with Crippen molar-refractivity contribution >= 4 is 22.4 Å². The number of hydrogen-bond acceptors (Lipinski definition) is 4. The molecule has 0 N–H and O–H groups in total. The lowest BCUT2D eigenvalue weighted by Crippen LogP contribution is -2.45. The van der Waals surface area contributed by atoms with Crippen LogP contribution in [0.5, 0.6) is 5.75 Å². The second-order valence-corrected chi connectivity index (χ2v) is 21.9. The molecular weight excluding hydrogens is 550 g/mol. The largest absolute Gasteiger partial charge is 0.491 e. The minimum Gasteiger partial charge on any atom is -0.491 e. The van der Waals surface area contributed by atoms with E-state index in [0.29, 0.717) is 12.8 Å². The third-order valence-corrected chi connectivity index (χ3v) is 18.0. The van der Waals surface area contributed by atoms with E-state index < -0.39 is 34.5 Å². The van der Waals surface area contributed by atoms with Gasteiger partial charge in [0.15, 0.2) is 16.6 Å². The van der Waals surface area contributed by atoms with E-state index in [4.69, 9.17) is 13.6 Å². The van der Waals surface area contributed by atoms with Crippen LogP contribution in [0.2, 0.25) is 36.3 Å². The van der Waals surface area contributed by atoms with E-state index in [9.17, 15) is 18.0 Å². The lowest BCUT2D eigenvalue weighted by Gasteiger charge is -2.39. The summed E-state index contributed by atoms with van der Waals surface area (Å²) in [5.74, 6) is -0.0389. The number of carbonyl (C=O) groups is 1. The number of ether oxygens (including phenoxy) is 1. The number of carbonyl (C=O) groups excluding carboxylic acids is 1. The number of ketones is 1. The minimum atomic E-state index is -4.45. The molecule has 0 bridgehead atoms. The van der Waals surface area contributed by atoms with Crippen molar-refractivity contribution in [1.29, 1.82) is 0 Å². The van der Waals surface area contributed by atoms with Gasteiger partial charge in [0, 0.05) is 18.3 Å². The number of hydrogen-bond donors (Lipinski definition) is 0. The molecule has 1 aromatic carbocycles. The molecule has 0 spiro atoms. The molecule has 40 heavy (non-hydrogen) atoms. The van der Waals surface area contributed by atoms with Gasteiger partial charge >= 0.3 is 6.18 Å². The number of halogens is 3. The summed E-state index contributed by atoms with van der Waals surface area (Å²) >= 11 is 0. The first-order valence-corrected chi connectivity index (χ1v) is 19.9. The summed E-state index contributed by atoms with van der Waals surface area (Å²) < 4.78 is 59.1. The molecule has 0 saturated heterocycles. The van der Waals surface area contributed by atoms with E-state index in [1.165, 1.54) is 12.1 Å². The Kier molecular flexibility index (Phi) is 12.1. The van der Waals surface area contributed by atoms with Gasteiger partial charge in [0.2, 0.25) is 0 Å². The van der Waals surface area contributed by atoms with E-state index in [0.717, 1.165) is 30.3 Å². The lowest BCUT2D eigenvalue weighted by atomic mass is 9.90. The number of Topliss-reactive ketones (excluding diaryl/α,β-unsaturated/α-hetero) is 1. The van der Waals surface area contributed by atoms with Crippen LogP contribution in [0.3, 0.4) is 0 Å². The van der Waals surface area contributed by atoms with Gasteiger partial charge in [-0.2, -0.15) is 13.2 Å². The Bertz CT molecular complexity index is 1000. The molecule has 1 aromatic rings. The van der Waals surface area contributed by atoms with Crippen molar-refractivity contribution in [2.45, 2.75) is 109 Å². The summed E-state index contributed by atoms with van der Waals surface area (Å²) in [7, 11) is -4.22. The van der Waals surface area contributed by atoms with Gasteiger partial charge in [-0.3, -0.25) is 4.79 Å². The normalized spacial score (nSPS) is 21.7. The van der Waals surface area contributed by atoms with Crippen LogP contribution in [0.1, 0.15) is 59.9 Å². The van der Waals surface area contributed by atoms with Gasteiger partial charge in [-0.1, -0.05) is 65.8 Å². The van der Waals surface area contributed by atoms with E-state index >= 15 is 0 Å². The number of benzene rings is 1. The highest BCUT2D eigenvalue weighted by molar-refractivity contribution is 6.74. The van der Waals surface area contributed by atoms with Crippen LogP contribution in [0.4, 0.5) is 13.2 Å².